The third-order valence-electron chi connectivity index (χ3n) is 4.94. The number of aromatic nitrogens is 4. The van der Waals surface area contributed by atoms with Gasteiger partial charge in [-0.2, -0.15) is 0 Å². The zero-order valence-corrected chi connectivity index (χ0v) is 17.6. The lowest BCUT2D eigenvalue weighted by atomic mass is 10.1. The Balaban J connectivity index is 1.79. The molecular weight excluding hydrogens is 424 g/mol. The van der Waals surface area contributed by atoms with Crippen molar-refractivity contribution in [2.75, 3.05) is 5.32 Å². The maximum Gasteiger partial charge on any atom is 0.277 e. The predicted octanol–water partition coefficient (Wildman–Crippen LogP) is 2.50. The minimum absolute atomic E-state index is 0.0130. The molecule has 0 radical (unpaired) electrons. The SMILES string of the molecule is CCCc1nc2cccc(C(=O)Nc3ncc(C(=O)NO)cn3)c2c(=O)n1-c1ccccc1. The number of benzene rings is 2. The summed E-state index contributed by atoms with van der Waals surface area (Å²) in [5.74, 6) is -0.829. The van der Waals surface area contributed by atoms with Crippen LogP contribution in [-0.4, -0.2) is 36.5 Å². The highest BCUT2D eigenvalue weighted by molar-refractivity contribution is 6.11. The van der Waals surface area contributed by atoms with Gasteiger partial charge >= 0.3 is 0 Å². The predicted molar refractivity (Wildman–Crippen MR) is 121 cm³/mol. The van der Waals surface area contributed by atoms with E-state index in [1.165, 1.54) is 16.1 Å². The monoisotopic (exact) mass is 444 g/mol. The second-order valence-corrected chi connectivity index (χ2v) is 7.14. The Bertz CT molecular complexity index is 1380. The standard InChI is InChI=1S/C23H20N6O4/c1-2-7-18-26-17-11-6-10-16(19(17)22(32)29(18)15-8-4-3-5-9-15)21(31)27-23-24-12-14(13-25-23)20(30)28-33/h3-6,8-13,33H,2,7H2,1H3,(H,28,30)(H,24,25,27,31). The maximum atomic E-state index is 13.6. The van der Waals surface area contributed by atoms with Gasteiger partial charge in [-0.3, -0.25) is 29.5 Å². The van der Waals surface area contributed by atoms with Crippen LogP contribution in [0.25, 0.3) is 16.6 Å². The molecule has 166 valence electrons. The second kappa shape index (κ2) is 9.37. The number of nitrogens with zero attached hydrogens (tertiary/aromatic N) is 4. The first-order valence-corrected chi connectivity index (χ1v) is 10.2. The summed E-state index contributed by atoms with van der Waals surface area (Å²) >= 11 is 0. The van der Waals surface area contributed by atoms with E-state index in [2.05, 4.69) is 20.3 Å². The molecule has 0 spiro atoms. The molecule has 4 rings (SSSR count). The van der Waals surface area contributed by atoms with Crippen molar-refractivity contribution < 1.29 is 14.8 Å². The first-order valence-electron chi connectivity index (χ1n) is 10.2. The lowest BCUT2D eigenvalue weighted by Crippen LogP contribution is -2.26. The lowest BCUT2D eigenvalue weighted by molar-refractivity contribution is 0.0705. The minimum Gasteiger partial charge on any atom is -0.290 e. The number of fused-ring (bicyclic) bond motifs is 1. The highest BCUT2D eigenvalue weighted by Crippen LogP contribution is 2.18. The molecule has 0 fully saturated rings. The number of hydrogen-bond donors (Lipinski definition) is 3. The molecule has 10 heteroatoms. The Morgan fingerprint density at radius 1 is 1.00 bits per heavy atom. The van der Waals surface area contributed by atoms with Gasteiger partial charge in [0.25, 0.3) is 17.4 Å². The zero-order chi connectivity index (χ0) is 23.4. The number of amides is 2. The van der Waals surface area contributed by atoms with E-state index in [1.807, 2.05) is 37.3 Å². The highest BCUT2D eigenvalue weighted by Gasteiger charge is 2.19. The van der Waals surface area contributed by atoms with Crippen molar-refractivity contribution in [3.05, 3.63) is 88.2 Å². The van der Waals surface area contributed by atoms with Gasteiger partial charge < -0.3 is 0 Å². The number of hydrogen-bond acceptors (Lipinski definition) is 7. The van der Waals surface area contributed by atoms with Crippen molar-refractivity contribution in [2.24, 2.45) is 0 Å². The number of anilines is 1. The van der Waals surface area contributed by atoms with E-state index in [4.69, 9.17) is 5.21 Å². The van der Waals surface area contributed by atoms with Crippen LogP contribution < -0.4 is 16.4 Å². The molecule has 2 amide bonds. The average molecular weight is 444 g/mol. The summed E-state index contributed by atoms with van der Waals surface area (Å²) in [6.45, 7) is 2.00. The number of carbonyl (C=O) groups excluding carboxylic acids is 2. The number of para-hydroxylation sites is 1. The Hall–Kier alpha value is -4.44. The van der Waals surface area contributed by atoms with Gasteiger partial charge in [0.2, 0.25) is 5.95 Å². The minimum atomic E-state index is -0.780. The summed E-state index contributed by atoms with van der Waals surface area (Å²) in [5, 5.41) is 11.4. The van der Waals surface area contributed by atoms with Crippen LogP contribution in [0.1, 0.15) is 39.9 Å². The number of aryl methyl sites for hydroxylation is 1. The van der Waals surface area contributed by atoms with Crippen LogP contribution in [-0.2, 0) is 6.42 Å². The number of rotatable bonds is 6. The van der Waals surface area contributed by atoms with Gasteiger partial charge in [-0.15, -0.1) is 0 Å². The fourth-order valence-electron chi connectivity index (χ4n) is 3.44. The molecule has 0 unspecified atom stereocenters. The molecule has 3 N–H and O–H groups in total. The van der Waals surface area contributed by atoms with Crippen LogP contribution in [0, 0.1) is 0 Å². The molecule has 0 bridgehead atoms. The van der Waals surface area contributed by atoms with E-state index in [1.54, 1.807) is 12.1 Å². The molecule has 0 saturated carbocycles. The van der Waals surface area contributed by atoms with Gasteiger partial charge in [-0.25, -0.2) is 20.4 Å². The zero-order valence-electron chi connectivity index (χ0n) is 17.6. The molecule has 10 nitrogen and oxygen atoms in total. The topological polar surface area (TPSA) is 139 Å². The lowest BCUT2D eigenvalue weighted by Gasteiger charge is -2.14. The van der Waals surface area contributed by atoms with Crippen molar-refractivity contribution in [3.63, 3.8) is 0 Å². The van der Waals surface area contributed by atoms with E-state index in [9.17, 15) is 14.4 Å². The van der Waals surface area contributed by atoms with Crippen LogP contribution in [0.3, 0.4) is 0 Å². The smallest absolute Gasteiger partial charge is 0.277 e. The van der Waals surface area contributed by atoms with Crippen molar-refractivity contribution in [1.29, 1.82) is 0 Å². The fraction of sp³-hybridized carbons (Fsp3) is 0.130. The summed E-state index contributed by atoms with van der Waals surface area (Å²) in [6, 6.07) is 14.0. The molecule has 0 aliphatic carbocycles. The summed E-state index contributed by atoms with van der Waals surface area (Å²) in [7, 11) is 0. The number of hydroxylamine groups is 1. The molecule has 0 atom stereocenters. The summed E-state index contributed by atoms with van der Waals surface area (Å²) in [6.07, 6.45) is 3.70. The third-order valence-corrected chi connectivity index (χ3v) is 4.94. The van der Waals surface area contributed by atoms with Gasteiger partial charge in [0.05, 0.1) is 27.7 Å². The molecule has 0 aliphatic rings. The molecule has 0 aliphatic heterocycles. The quantitative estimate of drug-likeness (QED) is 0.307. The van der Waals surface area contributed by atoms with E-state index in [0.29, 0.717) is 23.4 Å². The van der Waals surface area contributed by atoms with Gasteiger partial charge in [-0.1, -0.05) is 31.2 Å². The normalized spacial score (nSPS) is 10.7. The van der Waals surface area contributed by atoms with Gasteiger partial charge in [0, 0.05) is 18.8 Å². The first-order chi connectivity index (χ1) is 16.0. The van der Waals surface area contributed by atoms with Crippen molar-refractivity contribution in [2.45, 2.75) is 19.8 Å². The molecule has 4 aromatic rings. The molecular formula is C23H20N6O4. The van der Waals surface area contributed by atoms with E-state index < -0.39 is 11.8 Å². The summed E-state index contributed by atoms with van der Waals surface area (Å²) in [5.41, 5.74) is 2.34. The average Bonchev–Trinajstić information content (AvgIpc) is 2.84. The van der Waals surface area contributed by atoms with Gasteiger partial charge in [0.1, 0.15) is 5.82 Å². The third kappa shape index (κ3) is 4.32. The maximum absolute atomic E-state index is 13.6. The molecule has 0 saturated heterocycles. The largest absolute Gasteiger partial charge is 0.290 e. The van der Waals surface area contributed by atoms with E-state index in [0.717, 1.165) is 18.8 Å². The Morgan fingerprint density at radius 2 is 1.73 bits per heavy atom. The molecule has 2 heterocycles. The van der Waals surface area contributed by atoms with Crippen LogP contribution in [0.2, 0.25) is 0 Å². The number of carbonyl (C=O) groups is 2. The van der Waals surface area contributed by atoms with Crippen molar-refractivity contribution in [3.8, 4) is 5.69 Å². The first kappa shape index (κ1) is 21.8. The van der Waals surface area contributed by atoms with Crippen LogP contribution in [0.15, 0.2) is 65.7 Å². The summed E-state index contributed by atoms with van der Waals surface area (Å²) < 4.78 is 1.53. The second-order valence-electron chi connectivity index (χ2n) is 7.14. The summed E-state index contributed by atoms with van der Waals surface area (Å²) in [4.78, 5) is 50.5. The Kier molecular flexibility index (Phi) is 6.18. The van der Waals surface area contributed by atoms with Gasteiger partial charge in [0.15, 0.2) is 0 Å². The molecule has 2 aromatic heterocycles. The van der Waals surface area contributed by atoms with Crippen LogP contribution in [0.4, 0.5) is 5.95 Å². The van der Waals surface area contributed by atoms with Gasteiger partial charge in [-0.05, 0) is 30.7 Å². The molecule has 2 aromatic carbocycles. The molecule has 33 heavy (non-hydrogen) atoms. The number of nitrogens with one attached hydrogen (secondary N) is 2. The van der Waals surface area contributed by atoms with E-state index in [-0.39, 0.29) is 28.0 Å². The Morgan fingerprint density at radius 3 is 2.39 bits per heavy atom. The van der Waals surface area contributed by atoms with E-state index >= 15 is 0 Å². The Labute approximate surface area is 187 Å². The van der Waals surface area contributed by atoms with Crippen molar-refractivity contribution >= 4 is 28.7 Å². The highest BCUT2D eigenvalue weighted by atomic mass is 16.5. The fourth-order valence-corrected chi connectivity index (χ4v) is 3.44. The van der Waals surface area contributed by atoms with Crippen molar-refractivity contribution in [1.82, 2.24) is 25.0 Å². The van der Waals surface area contributed by atoms with Crippen LogP contribution in [0.5, 0.6) is 0 Å². The van der Waals surface area contributed by atoms with Crippen LogP contribution >= 0.6 is 0 Å².